The predicted molar refractivity (Wildman–Crippen MR) is 62.7 cm³/mol. The standard InChI is InChI=1S/C10H16F4O6S/c1-2-20-8(15)7-19-6-4-3-5-9(11,12)10(13,14)21(16,17)18/h2-7H2,1H3,(H,16,17,18). The maximum Gasteiger partial charge on any atom is 0.431 e. The molecule has 0 spiro atoms. The SMILES string of the molecule is CCOC(=O)COCCCCC(F)(F)C(F)(F)S(=O)(=O)O. The molecule has 0 atom stereocenters. The Balaban J connectivity index is 4.10. The molecule has 0 rings (SSSR count). The summed E-state index contributed by atoms with van der Waals surface area (Å²) in [6, 6.07) is 0. The third kappa shape index (κ3) is 6.14. The molecular formula is C10H16F4O6S. The Labute approximate surface area is 119 Å². The quantitative estimate of drug-likeness (QED) is 0.282. The van der Waals surface area contributed by atoms with Crippen LogP contribution in [0.25, 0.3) is 0 Å². The van der Waals surface area contributed by atoms with Crippen molar-refractivity contribution in [3.05, 3.63) is 0 Å². The number of halogens is 4. The van der Waals surface area contributed by atoms with E-state index in [1.807, 2.05) is 0 Å². The molecular weight excluding hydrogens is 324 g/mol. The Morgan fingerprint density at radius 2 is 1.76 bits per heavy atom. The molecule has 0 aromatic heterocycles. The van der Waals surface area contributed by atoms with Crippen LogP contribution in [0.4, 0.5) is 17.6 Å². The fourth-order valence-electron chi connectivity index (χ4n) is 1.24. The zero-order valence-electron chi connectivity index (χ0n) is 11.2. The van der Waals surface area contributed by atoms with E-state index in [4.69, 9.17) is 9.29 Å². The van der Waals surface area contributed by atoms with Crippen molar-refractivity contribution in [3.63, 3.8) is 0 Å². The summed E-state index contributed by atoms with van der Waals surface area (Å²) in [5, 5.41) is -5.55. The van der Waals surface area contributed by atoms with E-state index in [0.29, 0.717) is 0 Å². The van der Waals surface area contributed by atoms with E-state index in [0.717, 1.165) is 0 Å². The molecule has 0 bridgehead atoms. The second-order valence-electron chi connectivity index (χ2n) is 4.01. The molecule has 0 heterocycles. The number of ether oxygens (including phenoxy) is 2. The van der Waals surface area contributed by atoms with E-state index >= 15 is 0 Å². The zero-order valence-corrected chi connectivity index (χ0v) is 12.0. The summed E-state index contributed by atoms with van der Waals surface area (Å²) < 4.78 is 89.4. The molecule has 0 aromatic carbocycles. The Kier molecular flexibility index (Phi) is 7.54. The Morgan fingerprint density at radius 3 is 2.24 bits per heavy atom. The summed E-state index contributed by atoms with van der Waals surface area (Å²) >= 11 is 0. The summed E-state index contributed by atoms with van der Waals surface area (Å²) in [5.41, 5.74) is 0. The minimum absolute atomic E-state index is 0.101. The van der Waals surface area contributed by atoms with Gasteiger partial charge >= 0.3 is 27.3 Å². The van der Waals surface area contributed by atoms with Gasteiger partial charge in [0.15, 0.2) is 0 Å². The molecule has 0 aromatic rings. The zero-order chi connectivity index (χ0) is 16.7. The van der Waals surface area contributed by atoms with Crippen LogP contribution in [0, 0.1) is 0 Å². The second-order valence-corrected chi connectivity index (χ2v) is 5.47. The first-order valence-electron chi connectivity index (χ1n) is 5.91. The van der Waals surface area contributed by atoms with Crippen LogP contribution in [0.5, 0.6) is 0 Å². The molecule has 6 nitrogen and oxygen atoms in total. The van der Waals surface area contributed by atoms with Gasteiger partial charge in [-0.2, -0.15) is 26.0 Å². The van der Waals surface area contributed by atoms with Crippen molar-refractivity contribution in [2.24, 2.45) is 0 Å². The lowest BCUT2D eigenvalue weighted by atomic mass is 10.1. The molecule has 0 amide bonds. The number of hydrogen-bond donors (Lipinski definition) is 1. The molecule has 21 heavy (non-hydrogen) atoms. The average molecular weight is 340 g/mol. The molecule has 0 fully saturated rings. The summed E-state index contributed by atoms with van der Waals surface area (Å²) in [5.74, 6) is -5.55. The van der Waals surface area contributed by atoms with Gasteiger partial charge < -0.3 is 9.47 Å². The number of hydrogen-bond acceptors (Lipinski definition) is 5. The lowest BCUT2D eigenvalue weighted by Gasteiger charge is -2.23. The van der Waals surface area contributed by atoms with Crippen LogP contribution >= 0.6 is 0 Å². The molecule has 11 heteroatoms. The van der Waals surface area contributed by atoms with Crippen molar-refractivity contribution in [1.29, 1.82) is 0 Å². The third-order valence-electron chi connectivity index (χ3n) is 2.30. The fourth-order valence-corrected chi connectivity index (χ4v) is 1.72. The monoisotopic (exact) mass is 340 g/mol. The first kappa shape index (κ1) is 20.1. The Bertz CT molecular complexity index is 437. The van der Waals surface area contributed by atoms with Gasteiger partial charge in [-0.3, -0.25) is 4.55 Å². The van der Waals surface area contributed by atoms with Crippen LogP contribution in [0.3, 0.4) is 0 Å². The molecule has 0 saturated carbocycles. The molecule has 0 aliphatic carbocycles. The van der Waals surface area contributed by atoms with Crippen molar-refractivity contribution in [2.45, 2.75) is 37.4 Å². The van der Waals surface area contributed by atoms with Crippen LogP contribution in [-0.2, 0) is 24.4 Å². The van der Waals surface area contributed by atoms with Crippen LogP contribution in [0.2, 0.25) is 0 Å². The van der Waals surface area contributed by atoms with Gasteiger partial charge in [0.1, 0.15) is 6.61 Å². The highest BCUT2D eigenvalue weighted by molar-refractivity contribution is 7.87. The Hall–Kier alpha value is -0.940. The van der Waals surface area contributed by atoms with Gasteiger partial charge in [-0.05, 0) is 19.8 Å². The maximum absolute atomic E-state index is 13.0. The van der Waals surface area contributed by atoms with Crippen molar-refractivity contribution in [1.82, 2.24) is 0 Å². The van der Waals surface area contributed by atoms with Gasteiger partial charge in [-0.1, -0.05) is 0 Å². The fraction of sp³-hybridized carbons (Fsp3) is 0.900. The van der Waals surface area contributed by atoms with Gasteiger partial charge in [0, 0.05) is 13.0 Å². The first-order chi connectivity index (χ1) is 9.45. The minimum Gasteiger partial charge on any atom is -0.464 e. The van der Waals surface area contributed by atoms with E-state index in [1.165, 1.54) is 0 Å². The normalized spacial score (nSPS) is 13.2. The van der Waals surface area contributed by atoms with E-state index < -0.39 is 46.7 Å². The van der Waals surface area contributed by atoms with E-state index in [-0.39, 0.29) is 19.6 Å². The van der Waals surface area contributed by atoms with Gasteiger partial charge in [-0.15, -0.1) is 0 Å². The number of rotatable bonds is 10. The predicted octanol–water partition coefficient (Wildman–Crippen LogP) is 1.85. The van der Waals surface area contributed by atoms with Crippen LogP contribution in [0.1, 0.15) is 26.2 Å². The third-order valence-corrected chi connectivity index (χ3v) is 3.25. The minimum atomic E-state index is -6.20. The van der Waals surface area contributed by atoms with E-state index in [1.54, 1.807) is 6.92 Å². The molecule has 1 N–H and O–H groups in total. The van der Waals surface area contributed by atoms with Crippen LogP contribution in [-0.4, -0.2) is 49.9 Å². The van der Waals surface area contributed by atoms with E-state index in [9.17, 15) is 30.8 Å². The van der Waals surface area contributed by atoms with E-state index in [2.05, 4.69) is 4.74 Å². The van der Waals surface area contributed by atoms with Gasteiger partial charge in [0.25, 0.3) is 0 Å². The lowest BCUT2D eigenvalue weighted by molar-refractivity contribution is -0.165. The Morgan fingerprint density at radius 1 is 1.19 bits per heavy atom. The topological polar surface area (TPSA) is 89.9 Å². The van der Waals surface area contributed by atoms with Crippen molar-refractivity contribution in [3.8, 4) is 0 Å². The summed E-state index contributed by atoms with van der Waals surface area (Å²) in [6.07, 6.45) is -2.04. The van der Waals surface area contributed by atoms with Gasteiger partial charge in [-0.25, -0.2) is 4.79 Å². The molecule has 0 saturated heterocycles. The van der Waals surface area contributed by atoms with Gasteiger partial charge in [0.05, 0.1) is 6.61 Å². The molecule has 0 aliphatic heterocycles. The number of unbranched alkanes of at least 4 members (excludes halogenated alkanes) is 1. The summed E-state index contributed by atoms with van der Waals surface area (Å²) in [6.45, 7) is 1.17. The first-order valence-corrected chi connectivity index (χ1v) is 7.35. The molecule has 0 unspecified atom stereocenters. The lowest BCUT2D eigenvalue weighted by Crippen LogP contribution is -2.46. The summed E-state index contributed by atoms with van der Waals surface area (Å²) in [4.78, 5) is 10.8. The average Bonchev–Trinajstić information content (AvgIpc) is 2.32. The van der Waals surface area contributed by atoms with Crippen molar-refractivity contribution in [2.75, 3.05) is 19.8 Å². The van der Waals surface area contributed by atoms with Crippen LogP contribution in [0.15, 0.2) is 0 Å². The smallest absolute Gasteiger partial charge is 0.431 e. The number of alkyl halides is 4. The highest BCUT2D eigenvalue weighted by Gasteiger charge is 2.64. The highest BCUT2D eigenvalue weighted by atomic mass is 32.2. The van der Waals surface area contributed by atoms with Crippen LogP contribution < -0.4 is 0 Å². The summed E-state index contributed by atoms with van der Waals surface area (Å²) in [7, 11) is -6.20. The highest BCUT2D eigenvalue weighted by Crippen LogP contribution is 2.41. The molecule has 126 valence electrons. The largest absolute Gasteiger partial charge is 0.464 e. The van der Waals surface area contributed by atoms with Crippen molar-refractivity contribution >= 4 is 16.1 Å². The second kappa shape index (κ2) is 7.90. The number of carbonyl (C=O) groups excluding carboxylic acids is 1. The molecule has 0 radical (unpaired) electrons. The van der Waals surface area contributed by atoms with Crippen molar-refractivity contribution < 1.29 is 44.8 Å². The van der Waals surface area contributed by atoms with Gasteiger partial charge in [0.2, 0.25) is 0 Å². The number of esters is 1. The maximum atomic E-state index is 13.0. The molecule has 0 aliphatic rings. The number of carbonyl (C=O) groups is 1.